The summed E-state index contributed by atoms with van der Waals surface area (Å²) in [6.07, 6.45) is 0.461. The van der Waals surface area contributed by atoms with Gasteiger partial charge in [0, 0.05) is 6.20 Å². The summed E-state index contributed by atoms with van der Waals surface area (Å²) in [6.45, 7) is 4.04. The smallest absolute Gasteiger partial charge is 0.327 e. The first-order chi connectivity index (χ1) is 12.6. The Kier molecular flexibility index (Phi) is 6.27. The van der Waals surface area contributed by atoms with Gasteiger partial charge in [-0.15, -0.1) is 0 Å². The van der Waals surface area contributed by atoms with E-state index in [1.807, 2.05) is 0 Å². The van der Waals surface area contributed by atoms with Gasteiger partial charge in [-0.25, -0.2) is 9.78 Å². The van der Waals surface area contributed by atoms with Crippen molar-refractivity contribution in [2.45, 2.75) is 38.8 Å². The molecule has 1 aliphatic rings. The van der Waals surface area contributed by atoms with E-state index in [9.17, 15) is 19.2 Å². The summed E-state index contributed by atoms with van der Waals surface area (Å²) in [7, 11) is 0. The predicted molar refractivity (Wildman–Crippen MR) is 97.4 cm³/mol. The zero-order valence-corrected chi connectivity index (χ0v) is 16.3. The van der Waals surface area contributed by atoms with Crippen molar-refractivity contribution in [2.75, 3.05) is 11.9 Å². The number of nitrogens with zero attached hydrogens (tertiary/aromatic N) is 2. The highest BCUT2D eigenvalue weighted by Gasteiger charge is 2.47. The average molecular weight is 417 g/mol. The maximum Gasteiger partial charge on any atom is 0.327 e. The molecule has 0 aliphatic carbocycles. The number of imide groups is 1. The maximum absolute atomic E-state index is 12.3. The Morgan fingerprint density at radius 3 is 2.63 bits per heavy atom. The van der Waals surface area contributed by atoms with Crippen LogP contribution in [0.3, 0.4) is 0 Å². The van der Waals surface area contributed by atoms with E-state index in [2.05, 4.69) is 15.6 Å². The number of anilines is 1. The number of halogens is 2. The van der Waals surface area contributed by atoms with Gasteiger partial charge in [-0.2, -0.15) is 0 Å². The number of carbonyl (C=O) groups excluding carboxylic acids is 4. The fraction of sp³-hybridized carbons (Fsp3) is 0.438. The van der Waals surface area contributed by atoms with E-state index in [1.165, 1.54) is 19.2 Å². The van der Waals surface area contributed by atoms with E-state index >= 15 is 0 Å². The number of hydrogen-bond acceptors (Lipinski definition) is 6. The molecule has 2 heterocycles. The number of urea groups is 1. The lowest BCUT2D eigenvalue weighted by Crippen LogP contribution is -2.44. The number of amides is 4. The highest BCUT2D eigenvalue weighted by Crippen LogP contribution is 2.23. The van der Waals surface area contributed by atoms with E-state index in [0.717, 1.165) is 4.90 Å². The lowest BCUT2D eigenvalue weighted by Gasteiger charge is -2.19. The van der Waals surface area contributed by atoms with Gasteiger partial charge in [0.25, 0.3) is 11.8 Å². The van der Waals surface area contributed by atoms with Gasteiger partial charge in [-0.05, 0) is 26.3 Å². The SMILES string of the molecule is CC[C@]1(C)NC(=O)N(CC(=O)O[C@H](C)C(=O)Nc2ncc(Cl)cc2Cl)C1=O. The van der Waals surface area contributed by atoms with Gasteiger partial charge < -0.3 is 15.4 Å². The number of esters is 1. The molecule has 0 aromatic carbocycles. The van der Waals surface area contributed by atoms with Gasteiger partial charge in [0.2, 0.25) is 0 Å². The highest BCUT2D eigenvalue weighted by molar-refractivity contribution is 6.36. The Balaban J connectivity index is 1.94. The summed E-state index contributed by atoms with van der Waals surface area (Å²) in [5.74, 6) is -2.06. The molecule has 2 rings (SSSR count). The van der Waals surface area contributed by atoms with Gasteiger partial charge in [0.1, 0.15) is 12.1 Å². The van der Waals surface area contributed by atoms with Crippen LogP contribution < -0.4 is 10.6 Å². The van der Waals surface area contributed by atoms with E-state index < -0.39 is 42.0 Å². The first-order valence-electron chi connectivity index (χ1n) is 8.03. The number of nitrogens with one attached hydrogen (secondary N) is 2. The third-order valence-corrected chi connectivity index (χ3v) is 4.56. The van der Waals surface area contributed by atoms with E-state index in [0.29, 0.717) is 11.4 Å². The number of carbonyl (C=O) groups is 4. The van der Waals surface area contributed by atoms with Crippen LogP contribution in [0.5, 0.6) is 0 Å². The van der Waals surface area contributed by atoms with Crippen molar-refractivity contribution >= 4 is 52.8 Å². The molecule has 0 spiro atoms. The Morgan fingerprint density at radius 2 is 2.07 bits per heavy atom. The van der Waals surface area contributed by atoms with E-state index in [4.69, 9.17) is 27.9 Å². The molecule has 4 amide bonds. The Bertz CT molecular complexity index is 803. The average Bonchev–Trinajstić information content (AvgIpc) is 2.81. The fourth-order valence-corrected chi connectivity index (χ4v) is 2.70. The number of pyridine rings is 1. The van der Waals surface area contributed by atoms with E-state index in [1.54, 1.807) is 13.8 Å². The van der Waals surface area contributed by atoms with Crippen molar-refractivity contribution < 1.29 is 23.9 Å². The van der Waals surface area contributed by atoms with Crippen molar-refractivity contribution in [1.82, 2.24) is 15.2 Å². The molecule has 1 aromatic heterocycles. The minimum Gasteiger partial charge on any atom is -0.451 e. The molecule has 27 heavy (non-hydrogen) atoms. The maximum atomic E-state index is 12.3. The molecular weight excluding hydrogens is 399 g/mol. The zero-order chi connectivity index (χ0) is 20.4. The molecule has 0 unspecified atom stereocenters. The van der Waals surface area contributed by atoms with Crippen LogP contribution in [0.2, 0.25) is 10.0 Å². The quantitative estimate of drug-likeness (QED) is 0.540. The van der Waals surface area contributed by atoms with Crippen LogP contribution in [-0.2, 0) is 19.1 Å². The fourth-order valence-electron chi connectivity index (χ4n) is 2.27. The van der Waals surface area contributed by atoms with Crippen LogP contribution in [-0.4, -0.2) is 51.9 Å². The second-order valence-electron chi connectivity index (χ2n) is 6.11. The Hall–Kier alpha value is -2.39. The summed E-state index contributed by atoms with van der Waals surface area (Å²) >= 11 is 11.6. The van der Waals surface area contributed by atoms with Gasteiger partial charge in [0.15, 0.2) is 11.9 Å². The minimum atomic E-state index is -1.20. The minimum absolute atomic E-state index is 0.0572. The van der Waals surface area contributed by atoms with Crippen molar-refractivity contribution in [1.29, 1.82) is 0 Å². The number of aromatic nitrogens is 1. The monoisotopic (exact) mass is 416 g/mol. The molecule has 0 saturated carbocycles. The number of hydrogen-bond donors (Lipinski definition) is 2. The van der Waals surface area contributed by atoms with Crippen LogP contribution in [0.4, 0.5) is 10.6 Å². The van der Waals surface area contributed by atoms with Crippen molar-refractivity contribution in [2.24, 2.45) is 0 Å². The molecular formula is C16H18Cl2N4O5. The van der Waals surface area contributed by atoms with Crippen LogP contribution in [0.15, 0.2) is 12.3 Å². The molecule has 11 heteroatoms. The highest BCUT2D eigenvalue weighted by atomic mass is 35.5. The second-order valence-corrected chi connectivity index (χ2v) is 6.96. The molecule has 1 fully saturated rings. The molecule has 0 bridgehead atoms. The summed E-state index contributed by atoms with van der Waals surface area (Å²) < 4.78 is 4.99. The van der Waals surface area contributed by atoms with Gasteiger partial charge in [0.05, 0.1) is 10.0 Å². The summed E-state index contributed by atoms with van der Waals surface area (Å²) in [5, 5.41) is 5.33. The topological polar surface area (TPSA) is 118 Å². The molecule has 9 nitrogen and oxygen atoms in total. The van der Waals surface area contributed by atoms with Crippen molar-refractivity contribution in [3.05, 3.63) is 22.3 Å². The second kappa shape index (κ2) is 8.10. The van der Waals surface area contributed by atoms with Gasteiger partial charge in [-0.1, -0.05) is 30.1 Å². The normalized spacial score (nSPS) is 20.3. The molecule has 2 N–H and O–H groups in total. The van der Waals surface area contributed by atoms with Crippen LogP contribution in [0.1, 0.15) is 27.2 Å². The van der Waals surface area contributed by atoms with Gasteiger partial charge in [-0.3, -0.25) is 19.3 Å². The lowest BCUT2D eigenvalue weighted by molar-refractivity contribution is -0.155. The molecule has 0 radical (unpaired) electrons. The van der Waals surface area contributed by atoms with Crippen molar-refractivity contribution in [3.63, 3.8) is 0 Å². The van der Waals surface area contributed by atoms with Crippen LogP contribution >= 0.6 is 23.2 Å². The van der Waals surface area contributed by atoms with Crippen molar-refractivity contribution in [3.8, 4) is 0 Å². The molecule has 1 aromatic rings. The summed E-state index contributed by atoms with van der Waals surface area (Å²) in [6, 6.07) is 0.709. The number of ether oxygens (including phenoxy) is 1. The molecule has 1 saturated heterocycles. The number of rotatable bonds is 6. The largest absolute Gasteiger partial charge is 0.451 e. The molecule has 2 atom stereocenters. The first kappa shape index (κ1) is 20.9. The summed E-state index contributed by atoms with van der Waals surface area (Å²) in [4.78, 5) is 52.9. The van der Waals surface area contributed by atoms with Crippen LogP contribution in [0, 0.1) is 0 Å². The van der Waals surface area contributed by atoms with Crippen LogP contribution in [0.25, 0.3) is 0 Å². The third kappa shape index (κ3) is 4.67. The predicted octanol–water partition coefficient (Wildman–Crippen LogP) is 1.98. The standard InChI is InChI=1S/C16H18Cl2N4O5/c1-4-16(3)14(25)22(15(26)21-16)7-11(23)27-8(2)13(24)20-12-10(18)5-9(17)6-19-12/h5-6,8H,4,7H2,1-3H3,(H,21,26)(H,19,20,24)/t8-,16+/m1/s1. The van der Waals surface area contributed by atoms with E-state index in [-0.39, 0.29) is 10.8 Å². The first-order valence-corrected chi connectivity index (χ1v) is 8.78. The Labute approximate surface area is 165 Å². The lowest BCUT2D eigenvalue weighted by atomic mass is 9.99. The zero-order valence-electron chi connectivity index (χ0n) is 14.8. The third-order valence-electron chi connectivity index (χ3n) is 4.07. The Morgan fingerprint density at radius 1 is 1.41 bits per heavy atom. The molecule has 146 valence electrons. The molecule has 1 aliphatic heterocycles. The summed E-state index contributed by atoms with van der Waals surface area (Å²) in [5.41, 5.74) is -1.06. The van der Waals surface area contributed by atoms with Gasteiger partial charge >= 0.3 is 12.0 Å².